The molecule has 0 unspecified atom stereocenters. The number of nitrogens with zero attached hydrogens (tertiary/aromatic N) is 4. The predicted octanol–water partition coefficient (Wildman–Crippen LogP) is 2.35. The number of nitro groups is 4. The van der Waals surface area contributed by atoms with Crippen molar-refractivity contribution < 1.29 is 34.0 Å². The lowest BCUT2D eigenvalue weighted by atomic mass is 10.2. The Hall–Kier alpha value is -4.69. The first kappa shape index (κ1) is 21.6. The van der Waals surface area contributed by atoms with E-state index in [2.05, 4.69) is 0 Å². The van der Waals surface area contributed by atoms with Gasteiger partial charge in [0, 0.05) is 12.1 Å². The van der Waals surface area contributed by atoms with Crippen LogP contribution in [0.15, 0.2) is 36.4 Å². The number of hydrogen-bond donors (Lipinski definition) is 0. The Morgan fingerprint density at radius 3 is 1.33 bits per heavy atom. The molecule has 30 heavy (non-hydrogen) atoms. The van der Waals surface area contributed by atoms with Crippen molar-refractivity contribution in [3.8, 4) is 11.5 Å². The molecule has 0 aromatic heterocycles. The highest BCUT2D eigenvalue weighted by Gasteiger charge is 2.23. The number of nitro benzene ring substituents is 4. The summed E-state index contributed by atoms with van der Waals surface area (Å²) in [6.07, 6.45) is 0. The summed E-state index contributed by atoms with van der Waals surface area (Å²) in [7, 11) is 0. The highest BCUT2D eigenvalue weighted by atomic mass is 16.6. The molecule has 0 radical (unpaired) electrons. The molecule has 2 rings (SSSR count). The number of hydrogen-bond acceptors (Lipinski definition) is 11. The van der Waals surface area contributed by atoms with Crippen LogP contribution in [0.2, 0.25) is 0 Å². The first-order valence-corrected chi connectivity index (χ1v) is 7.73. The second-order valence-electron chi connectivity index (χ2n) is 5.45. The molecular weight excluding hydrogens is 412 g/mol. The number of carbonyl (C=O) groups excluding carboxylic acids is 1. The molecule has 15 heteroatoms. The Morgan fingerprint density at radius 2 is 1.03 bits per heavy atom. The van der Waals surface area contributed by atoms with E-state index in [1.165, 1.54) is 0 Å². The summed E-state index contributed by atoms with van der Waals surface area (Å²) in [6, 6.07) is 5.12. The van der Waals surface area contributed by atoms with Crippen LogP contribution in [-0.2, 0) is 4.79 Å². The quantitative estimate of drug-likeness (QED) is 0.400. The number of Topliss-reactive ketones (excluding diaryl/α,β-unsaturated/α-hetero) is 1. The number of rotatable bonds is 10. The molecule has 0 N–H and O–H groups in total. The van der Waals surface area contributed by atoms with E-state index in [-0.39, 0.29) is 0 Å². The summed E-state index contributed by atoms with van der Waals surface area (Å²) in [6.45, 7) is -1.47. The molecule has 0 saturated heterocycles. The molecule has 156 valence electrons. The van der Waals surface area contributed by atoms with E-state index in [0.29, 0.717) is 12.1 Å². The second kappa shape index (κ2) is 9.00. The fraction of sp³-hybridized carbons (Fsp3) is 0.133. The topological polar surface area (TPSA) is 208 Å². The van der Waals surface area contributed by atoms with Crippen molar-refractivity contribution in [1.29, 1.82) is 0 Å². The normalized spacial score (nSPS) is 10.1. The van der Waals surface area contributed by atoms with Gasteiger partial charge in [-0.3, -0.25) is 45.3 Å². The van der Waals surface area contributed by atoms with Gasteiger partial charge in [0.25, 0.3) is 11.4 Å². The fourth-order valence-electron chi connectivity index (χ4n) is 2.13. The van der Waals surface area contributed by atoms with Gasteiger partial charge in [-0.15, -0.1) is 0 Å². The summed E-state index contributed by atoms with van der Waals surface area (Å²) in [5, 5.41) is 43.4. The molecule has 0 spiro atoms. The van der Waals surface area contributed by atoms with E-state index in [1.54, 1.807) is 0 Å². The molecule has 0 fully saturated rings. The Bertz CT molecular complexity index is 971. The Labute approximate surface area is 165 Å². The van der Waals surface area contributed by atoms with Crippen LogP contribution >= 0.6 is 0 Å². The maximum atomic E-state index is 11.9. The predicted molar refractivity (Wildman–Crippen MR) is 95.5 cm³/mol. The lowest BCUT2D eigenvalue weighted by molar-refractivity contribution is -0.395. The maximum Gasteiger partial charge on any atom is 0.317 e. The molecular formula is C15H10N4O11. The van der Waals surface area contributed by atoms with E-state index in [4.69, 9.17) is 9.47 Å². The van der Waals surface area contributed by atoms with Gasteiger partial charge < -0.3 is 9.47 Å². The van der Waals surface area contributed by atoms with Crippen LogP contribution in [0.3, 0.4) is 0 Å². The first-order valence-electron chi connectivity index (χ1n) is 7.73. The van der Waals surface area contributed by atoms with Crippen LogP contribution in [0.5, 0.6) is 11.5 Å². The van der Waals surface area contributed by atoms with Crippen LogP contribution in [0.1, 0.15) is 0 Å². The molecule has 0 bridgehead atoms. The Kier molecular flexibility index (Phi) is 6.48. The molecule has 0 atom stereocenters. The molecule has 0 aliphatic carbocycles. The average Bonchev–Trinajstić information content (AvgIpc) is 2.69. The standard InChI is InChI=1S/C15H10N4O11/c20-11(7-29-14-3-1-9(16(21)22)5-12(14)18(25)26)8-30-15-4-2-10(17(23)24)6-13(15)19(27)28/h1-6H,7-8H2. The van der Waals surface area contributed by atoms with Gasteiger partial charge in [0.05, 0.1) is 31.8 Å². The van der Waals surface area contributed by atoms with Gasteiger partial charge in [-0.25, -0.2) is 0 Å². The smallest absolute Gasteiger partial charge is 0.317 e. The van der Waals surface area contributed by atoms with Crippen molar-refractivity contribution >= 4 is 28.5 Å². The van der Waals surface area contributed by atoms with Gasteiger partial charge in [0.15, 0.2) is 24.7 Å². The van der Waals surface area contributed by atoms with Gasteiger partial charge in [-0.05, 0) is 12.1 Å². The third-order valence-electron chi connectivity index (χ3n) is 3.48. The zero-order valence-electron chi connectivity index (χ0n) is 14.7. The highest BCUT2D eigenvalue weighted by molar-refractivity contribution is 5.81. The molecule has 2 aromatic carbocycles. The van der Waals surface area contributed by atoms with E-state index in [9.17, 15) is 45.3 Å². The largest absolute Gasteiger partial charge is 0.479 e. The monoisotopic (exact) mass is 422 g/mol. The third kappa shape index (κ3) is 5.18. The molecule has 2 aromatic rings. The number of non-ortho nitro benzene ring substituents is 2. The van der Waals surface area contributed by atoms with E-state index < -0.39 is 72.9 Å². The highest BCUT2D eigenvalue weighted by Crippen LogP contribution is 2.32. The van der Waals surface area contributed by atoms with Gasteiger partial charge in [-0.2, -0.15) is 0 Å². The molecule has 0 heterocycles. The minimum absolute atomic E-state index is 0.403. The molecule has 0 aliphatic heterocycles. The summed E-state index contributed by atoms with van der Waals surface area (Å²) in [5.41, 5.74) is -2.56. The second-order valence-corrected chi connectivity index (χ2v) is 5.45. The summed E-state index contributed by atoms with van der Waals surface area (Å²) in [4.78, 5) is 51.8. The van der Waals surface area contributed by atoms with E-state index >= 15 is 0 Å². The number of ketones is 1. The van der Waals surface area contributed by atoms with E-state index in [0.717, 1.165) is 24.3 Å². The minimum atomic E-state index is -0.927. The number of carbonyl (C=O) groups is 1. The van der Waals surface area contributed by atoms with Gasteiger partial charge >= 0.3 is 11.4 Å². The average molecular weight is 422 g/mol. The molecule has 0 amide bonds. The fourth-order valence-corrected chi connectivity index (χ4v) is 2.13. The van der Waals surface area contributed by atoms with Crippen molar-refractivity contribution in [2.45, 2.75) is 0 Å². The lowest BCUT2D eigenvalue weighted by Crippen LogP contribution is -2.19. The lowest BCUT2D eigenvalue weighted by Gasteiger charge is -2.08. The third-order valence-corrected chi connectivity index (χ3v) is 3.48. The molecule has 15 nitrogen and oxygen atoms in total. The van der Waals surface area contributed by atoms with Crippen LogP contribution in [0, 0.1) is 40.5 Å². The number of ether oxygens (including phenoxy) is 2. The summed E-state index contributed by atoms with van der Waals surface area (Å²) in [5.74, 6) is -1.59. The van der Waals surface area contributed by atoms with Crippen LogP contribution in [0.4, 0.5) is 22.7 Å². The molecule has 0 aliphatic rings. The first-order chi connectivity index (χ1) is 14.1. The number of benzene rings is 2. The molecule has 0 saturated carbocycles. The zero-order valence-corrected chi connectivity index (χ0v) is 14.7. The van der Waals surface area contributed by atoms with Crippen LogP contribution < -0.4 is 9.47 Å². The Morgan fingerprint density at radius 1 is 0.667 bits per heavy atom. The van der Waals surface area contributed by atoms with Gasteiger partial charge in [-0.1, -0.05) is 0 Å². The van der Waals surface area contributed by atoms with Crippen molar-refractivity contribution in [3.63, 3.8) is 0 Å². The summed E-state index contributed by atoms with van der Waals surface area (Å²) < 4.78 is 9.99. The van der Waals surface area contributed by atoms with Crippen LogP contribution in [-0.4, -0.2) is 38.7 Å². The van der Waals surface area contributed by atoms with E-state index in [1.807, 2.05) is 0 Å². The van der Waals surface area contributed by atoms with Gasteiger partial charge in [0.1, 0.15) is 0 Å². The van der Waals surface area contributed by atoms with Crippen molar-refractivity contribution in [3.05, 3.63) is 76.9 Å². The minimum Gasteiger partial charge on any atom is -0.479 e. The van der Waals surface area contributed by atoms with Crippen LogP contribution in [0.25, 0.3) is 0 Å². The van der Waals surface area contributed by atoms with Crippen molar-refractivity contribution in [2.24, 2.45) is 0 Å². The SMILES string of the molecule is O=C(COc1ccc([N+](=O)[O-])cc1[N+](=O)[O-])COc1ccc([N+](=O)[O-])cc1[N+](=O)[O-]. The summed E-state index contributed by atoms with van der Waals surface area (Å²) >= 11 is 0. The van der Waals surface area contributed by atoms with Crippen molar-refractivity contribution in [2.75, 3.05) is 13.2 Å². The van der Waals surface area contributed by atoms with Gasteiger partial charge in [0.2, 0.25) is 5.78 Å². The zero-order chi connectivity index (χ0) is 22.4. The van der Waals surface area contributed by atoms with Crippen molar-refractivity contribution in [1.82, 2.24) is 0 Å². The Balaban J connectivity index is 2.06. The maximum absolute atomic E-state index is 11.9.